The molecule has 0 fully saturated rings. The number of thiazole rings is 1. The number of amides is 1. The molecule has 2 aromatic heterocycles. The second kappa shape index (κ2) is 10.3. The molecule has 3 heterocycles. The van der Waals surface area contributed by atoms with E-state index >= 15 is 0 Å². The van der Waals surface area contributed by atoms with Gasteiger partial charge in [-0.05, 0) is 40.8 Å². The third-order valence-corrected chi connectivity index (χ3v) is 9.98. The summed E-state index contributed by atoms with van der Waals surface area (Å²) in [7, 11) is -4.14. The first kappa shape index (κ1) is 28.2. The maximum absolute atomic E-state index is 13.5. The van der Waals surface area contributed by atoms with Crippen molar-refractivity contribution in [1.82, 2.24) is 4.98 Å². The van der Waals surface area contributed by atoms with Crippen molar-refractivity contribution in [2.24, 2.45) is 0 Å². The van der Waals surface area contributed by atoms with Gasteiger partial charge in [-0.1, -0.05) is 56.4 Å². The second-order valence-electron chi connectivity index (χ2n) is 10.4. The van der Waals surface area contributed by atoms with Gasteiger partial charge in [0.1, 0.15) is 16.1 Å². The number of rotatable bonds is 7. The molecular weight excluding hydrogens is 570 g/mol. The molecule has 5 rings (SSSR count). The first-order chi connectivity index (χ1) is 19.3. The van der Waals surface area contributed by atoms with Crippen LogP contribution in [-0.4, -0.2) is 34.4 Å². The Morgan fingerprint density at radius 1 is 1.10 bits per heavy atom. The van der Waals surface area contributed by atoms with Crippen molar-refractivity contribution < 1.29 is 32.8 Å². The van der Waals surface area contributed by atoms with Crippen LogP contribution in [0.1, 0.15) is 49.8 Å². The maximum Gasteiger partial charge on any atom is 0.295 e. The number of hydrogen-bond acceptors (Lipinski definition) is 10. The van der Waals surface area contributed by atoms with Gasteiger partial charge in [-0.2, -0.15) is 0 Å². The monoisotopic (exact) mass is 595 g/mol. The van der Waals surface area contributed by atoms with Crippen molar-refractivity contribution >= 4 is 37.9 Å². The Morgan fingerprint density at radius 3 is 2.32 bits per heavy atom. The lowest BCUT2D eigenvalue weighted by Gasteiger charge is -2.27. The average Bonchev–Trinajstić information content (AvgIpc) is 3.69. The number of hydrogen-bond donors (Lipinski definition) is 2. The van der Waals surface area contributed by atoms with Gasteiger partial charge >= 0.3 is 0 Å². The Hall–Kier alpha value is -4.33. The zero-order valence-corrected chi connectivity index (χ0v) is 23.7. The van der Waals surface area contributed by atoms with Crippen LogP contribution < -0.4 is 4.90 Å². The van der Waals surface area contributed by atoms with E-state index in [0.717, 1.165) is 40.9 Å². The minimum absolute atomic E-state index is 0.0337. The molecule has 0 bridgehead atoms. The molecule has 11 nitrogen and oxygen atoms in total. The first-order valence-electron chi connectivity index (χ1n) is 12.3. The van der Waals surface area contributed by atoms with Crippen LogP contribution in [0.5, 0.6) is 0 Å². The largest absolute Gasteiger partial charge is 0.503 e. The van der Waals surface area contributed by atoms with Crippen LogP contribution in [-0.2, 0) is 20.0 Å². The van der Waals surface area contributed by atoms with Gasteiger partial charge in [-0.15, -0.1) is 0 Å². The van der Waals surface area contributed by atoms with Crippen molar-refractivity contribution in [3.8, 4) is 0 Å². The van der Waals surface area contributed by atoms with E-state index in [0.29, 0.717) is 16.9 Å². The number of nitrogens with zero attached hydrogens (tertiary/aromatic N) is 3. The van der Waals surface area contributed by atoms with E-state index in [1.54, 1.807) is 18.2 Å². The van der Waals surface area contributed by atoms with Gasteiger partial charge in [0.2, 0.25) is 9.84 Å². The van der Waals surface area contributed by atoms with Gasteiger partial charge in [0.05, 0.1) is 28.3 Å². The molecule has 1 aliphatic heterocycles. The minimum Gasteiger partial charge on any atom is -0.503 e. The van der Waals surface area contributed by atoms with Crippen LogP contribution in [0.4, 0.5) is 10.8 Å². The average molecular weight is 596 g/mol. The van der Waals surface area contributed by atoms with Gasteiger partial charge in [-0.25, -0.2) is 13.4 Å². The number of nitro groups is 1. The minimum atomic E-state index is -4.14. The normalized spacial score (nSPS) is 16.8. The highest BCUT2D eigenvalue weighted by molar-refractivity contribution is 7.93. The molecule has 1 amide bonds. The molecule has 0 saturated carbocycles. The summed E-state index contributed by atoms with van der Waals surface area (Å²) in [5, 5.41) is 33.1. The number of carbonyl (C=O) groups excluding carboxylic acids is 1. The summed E-state index contributed by atoms with van der Waals surface area (Å²) in [5.41, 5.74) is 1.11. The third-order valence-electron chi connectivity index (χ3n) is 6.75. The number of furan rings is 1. The number of non-ortho nitro benzene ring substituents is 1. The fourth-order valence-electron chi connectivity index (χ4n) is 4.54. The summed E-state index contributed by atoms with van der Waals surface area (Å²) in [6.45, 7) is 6.15. The van der Waals surface area contributed by atoms with E-state index < -0.39 is 38.6 Å². The lowest BCUT2D eigenvalue weighted by Crippen LogP contribution is -2.30. The molecule has 1 aliphatic rings. The third kappa shape index (κ3) is 5.03. The second-order valence-corrected chi connectivity index (χ2v) is 13.6. The smallest absolute Gasteiger partial charge is 0.295 e. The first-order valence-corrected chi connectivity index (χ1v) is 14.6. The molecule has 2 N–H and O–H groups in total. The van der Waals surface area contributed by atoms with Crippen molar-refractivity contribution in [3.05, 3.63) is 111 Å². The fraction of sp³-hybridized carbons (Fsp3) is 0.214. The Labute approximate surface area is 239 Å². The molecule has 41 heavy (non-hydrogen) atoms. The van der Waals surface area contributed by atoms with E-state index in [9.17, 15) is 33.5 Å². The van der Waals surface area contributed by atoms with Crippen LogP contribution in [0.15, 0.2) is 98.0 Å². The standard InChI is InChI=1S/C28H25N3O8S2/c1-28(2,3)17-8-6-16(7-9-17)23-22(24(32)20-5-4-14-39-20)25(33)26(34)30(23)27-29-15-21(40-27)41(37,38)19-12-10-18(11-13-19)31(35)36/h4-15,23-24,32-33H,1-3H3/t23-,24-/m0/s1. The number of nitro benzene ring substituents is 1. The van der Waals surface area contributed by atoms with Crippen molar-refractivity contribution in [2.75, 3.05) is 4.90 Å². The molecule has 0 aliphatic carbocycles. The molecule has 0 unspecified atom stereocenters. The number of sulfone groups is 1. The highest BCUT2D eigenvalue weighted by Gasteiger charge is 2.46. The Kier molecular flexibility index (Phi) is 7.05. The number of anilines is 1. The molecule has 0 radical (unpaired) electrons. The number of benzene rings is 2. The van der Waals surface area contributed by atoms with Crippen molar-refractivity contribution in [3.63, 3.8) is 0 Å². The Bertz CT molecular complexity index is 1750. The van der Waals surface area contributed by atoms with E-state index in [2.05, 4.69) is 4.98 Å². The molecule has 0 saturated heterocycles. The van der Waals surface area contributed by atoms with Gasteiger partial charge in [-0.3, -0.25) is 19.8 Å². The number of aliphatic hydroxyl groups excluding tert-OH is 2. The van der Waals surface area contributed by atoms with E-state index in [4.69, 9.17) is 4.42 Å². The summed E-state index contributed by atoms with van der Waals surface area (Å²) < 4.78 is 31.7. The molecule has 13 heteroatoms. The summed E-state index contributed by atoms with van der Waals surface area (Å²) in [5.74, 6) is -1.46. The maximum atomic E-state index is 13.5. The van der Waals surface area contributed by atoms with Gasteiger partial charge in [0.15, 0.2) is 10.9 Å². The van der Waals surface area contributed by atoms with Gasteiger partial charge in [0.25, 0.3) is 11.6 Å². The van der Waals surface area contributed by atoms with Crippen LogP contribution in [0.2, 0.25) is 0 Å². The fourth-order valence-corrected chi connectivity index (χ4v) is 7.09. The quantitative estimate of drug-likeness (QED) is 0.210. The number of aliphatic hydroxyl groups is 2. The topological polar surface area (TPSA) is 164 Å². The van der Waals surface area contributed by atoms with Crippen LogP contribution in [0.3, 0.4) is 0 Å². The molecule has 4 aromatic rings. The number of carbonyl (C=O) groups is 1. The predicted molar refractivity (Wildman–Crippen MR) is 149 cm³/mol. The SMILES string of the molecule is CC(C)(C)c1ccc([C@H]2C([C@@H](O)c3ccco3)=C(O)C(=O)N2c2ncc(S(=O)(=O)c3ccc([N+](=O)[O-])cc3)s2)cc1. The zero-order chi connectivity index (χ0) is 29.7. The Morgan fingerprint density at radius 2 is 1.76 bits per heavy atom. The van der Waals surface area contributed by atoms with Crippen molar-refractivity contribution in [2.45, 2.75) is 47.4 Å². The molecule has 2 atom stereocenters. The zero-order valence-electron chi connectivity index (χ0n) is 22.1. The van der Waals surface area contributed by atoms with Gasteiger partial charge in [0, 0.05) is 17.7 Å². The van der Waals surface area contributed by atoms with Crippen LogP contribution in [0, 0.1) is 10.1 Å². The Balaban J connectivity index is 1.58. The lowest BCUT2D eigenvalue weighted by molar-refractivity contribution is -0.384. The van der Waals surface area contributed by atoms with E-state index in [1.807, 2.05) is 32.9 Å². The van der Waals surface area contributed by atoms with Crippen molar-refractivity contribution in [1.29, 1.82) is 0 Å². The highest BCUT2D eigenvalue weighted by Crippen LogP contribution is 2.47. The lowest BCUT2D eigenvalue weighted by atomic mass is 9.85. The predicted octanol–water partition coefficient (Wildman–Crippen LogP) is 5.41. The van der Waals surface area contributed by atoms with Crippen LogP contribution in [0.25, 0.3) is 0 Å². The summed E-state index contributed by atoms with van der Waals surface area (Å²) in [6.07, 6.45) is 0.963. The molecule has 0 spiro atoms. The highest BCUT2D eigenvalue weighted by atomic mass is 32.2. The summed E-state index contributed by atoms with van der Waals surface area (Å²) in [4.78, 5) is 29.0. The molecule has 2 aromatic carbocycles. The summed E-state index contributed by atoms with van der Waals surface area (Å²) >= 11 is 0.695. The van der Waals surface area contributed by atoms with Crippen LogP contribution >= 0.6 is 11.3 Å². The molecular formula is C28H25N3O8S2. The molecule has 212 valence electrons. The van der Waals surface area contributed by atoms with Gasteiger partial charge < -0.3 is 14.6 Å². The van der Waals surface area contributed by atoms with E-state index in [-0.39, 0.29) is 36.7 Å². The summed E-state index contributed by atoms with van der Waals surface area (Å²) in [6, 6.07) is 13.8. The number of aromatic nitrogens is 1. The van der Waals surface area contributed by atoms with E-state index in [1.165, 1.54) is 12.3 Å².